The summed E-state index contributed by atoms with van der Waals surface area (Å²) >= 11 is 0. The Kier molecular flexibility index (Phi) is 10.6. The van der Waals surface area contributed by atoms with Crippen molar-refractivity contribution in [3.05, 3.63) is 0 Å². The van der Waals surface area contributed by atoms with E-state index in [0.29, 0.717) is 58.2 Å². The molecule has 53 heavy (non-hydrogen) atoms. The van der Waals surface area contributed by atoms with Crippen molar-refractivity contribution >= 4 is 10.4 Å². The second kappa shape index (κ2) is 14.6. The van der Waals surface area contributed by atoms with Crippen LogP contribution in [0.4, 0.5) is 0 Å². The van der Waals surface area contributed by atoms with E-state index in [1.807, 2.05) is 0 Å². The predicted molar refractivity (Wildman–Crippen MR) is 214 cm³/mol. The van der Waals surface area contributed by atoms with Gasteiger partial charge in [0.1, 0.15) is 12.2 Å². The van der Waals surface area contributed by atoms with E-state index in [2.05, 4.69) is 65.6 Å². The Hall–Kier alpha value is -1.33. The molecule has 0 spiro atoms. The quantitative estimate of drug-likeness (QED) is 0.254. The van der Waals surface area contributed by atoms with Crippen LogP contribution in [0.2, 0.25) is 0 Å². The number of hydrogen-bond donors (Lipinski definition) is 0. The van der Waals surface area contributed by atoms with Crippen molar-refractivity contribution < 1.29 is 16.8 Å². The highest BCUT2D eigenvalue weighted by molar-refractivity contribution is 7.82. The molecular formula is C48H74O4S. The predicted octanol–water partition coefficient (Wildman–Crippen LogP) is 12.3. The Morgan fingerprint density at radius 2 is 0.925 bits per heavy atom. The molecule has 296 valence electrons. The van der Waals surface area contributed by atoms with Crippen molar-refractivity contribution in [1.82, 2.24) is 0 Å². The van der Waals surface area contributed by atoms with E-state index in [1.54, 1.807) is 0 Å². The van der Waals surface area contributed by atoms with Gasteiger partial charge >= 0.3 is 10.4 Å². The molecule has 0 N–H and O–H groups in total. The van der Waals surface area contributed by atoms with Gasteiger partial charge in [-0.05, 0) is 195 Å². The van der Waals surface area contributed by atoms with Crippen LogP contribution in [0, 0.1) is 117 Å². The van der Waals surface area contributed by atoms with Gasteiger partial charge in [-0.1, -0.05) is 79.1 Å². The molecule has 8 aliphatic rings. The molecule has 0 radical (unpaired) electrons. The van der Waals surface area contributed by atoms with Gasteiger partial charge in [-0.3, -0.25) is 8.37 Å². The van der Waals surface area contributed by atoms with Crippen molar-refractivity contribution in [2.75, 3.05) is 0 Å². The third-order valence-electron chi connectivity index (χ3n) is 20.0. The molecule has 5 heteroatoms. The van der Waals surface area contributed by atoms with Crippen LogP contribution in [-0.4, -0.2) is 8.42 Å². The molecule has 4 nitrogen and oxygen atoms in total. The van der Waals surface area contributed by atoms with E-state index >= 15 is 0 Å². The first-order valence-electron chi connectivity index (χ1n) is 22.9. The van der Waals surface area contributed by atoms with Crippen LogP contribution in [0.15, 0.2) is 0 Å². The fourth-order valence-corrected chi connectivity index (χ4v) is 17.8. The van der Waals surface area contributed by atoms with Crippen LogP contribution in [-0.2, 0) is 18.8 Å². The van der Waals surface area contributed by atoms with Crippen LogP contribution in [0.25, 0.3) is 0 Å². The summed E-state index contributed by atoms with van der Waals surface area (Å²) in [6.45, 7) is 15.2. The van der Waals surface area contributed by atoms with Gasteiger partial charge < -0.3 is 0 Å². The highest BCUT2D eigenvalue weighted by Crippen LogP contribution is 2.70. The molecule has 0 heterocycles. The van der Waals surface area contributed by atoms with Crippen molar-refractivity contribution in [2.24, 2.45) is 92.7 Å². The first kappa shape index (κ1) is 38.5. The van der Waals surface area contributed by atoms with E-state index in [0.717, 1.165) is 47.3 Å². The molecule has 16 atom stereocenters. The Morgan fingerprint density at radius 3 is 1.36 bits per heavy atom. The topological polar surface area (TPSA) is 52.6 Å². The average molecular weight is 747 g/mol. The number of hydrogen-bond acceptors (Lipinski definition) is 4. The van der Waals surface area contributed by atoms with E-state index in [-0.39, 0.29) is 0 Å². The summed E-state index contributed by atoms with van der Waals surface area (Å²) in [5, 5.41) is 0. The van der Waals surface area contributed by atoms with Crippen molar-refractivity contribution in [3.8, 4) is 24.1 Å². The number of rotatable bonds is 6. The van der Waals surface area contributed by atoms with Crippen molar-refractivity contribution in [3.63, 3.8) is 0 Å². The molecule has 8 saturated carbocycles. The molecule has 8 rings (SSSR count). The summed E-state index contributed by atoms with van der Waals surface area (Å²) in [7, 11) is -4.28. The summed E-state index contributed by atoms with van der Waals surface area (Å²) < 4.78 is 35.1. The van der Waals surface area contributed by atoms with Crippen LogP contribution in [0.5, 0.6) is 0 Å². The van der Waals surface area contributed by atoms with Gasteiger partial charge in [0.15, 0.2) is 0 Å². The lowest BCUT2D eigenvalue weighted by Crippen LogP contribution is -2.53. The molecule has 8 fully saturated rings. The van der Waals surface area contributed by atoms with Gasteiger partial charge in [0.05, 0.1) is 0 Å². The standard InChI is InChI=1S/C48H74O4S/c1-33(39-21-23-41-37-19-17-35-15-7-9-27-45(35,3)43(37)25-29-47(39,41)5)13-11-31-51-53(49,50)52-32-12-14-34(2)40-22-24-42-38-20-18-36-16-8-10-28-46(36,4)44(38)26-30-48(40,42)6/h33-44H,7-10,13-30H2,1-6H3/t33-,34-,35?,36?,37+,38+,39-,40-,41+,42+,43+,44+,45+,46+,47-,48-/m1/s1. The first-order chi connectivity index (χ1) is 25.3. The minimum absolute atomic E-state index is 0.381. The summed E-state index contributed by atoms with van der Waals surface area (Å²) in [4.78, 5) is 0. The summed E-state index contributed by atoms with van der Waals surface area (Å²) in [5.74, 6) is 15.5. The van der Waals surface area contributed by atoms with Crippen LogP contribution >= 0.6 is 0 Å². The lowest BCUT2D eigenvalue weighted by atomic mass is 9.44. The minimum Gasteiger partial charge on any atom is -0.297 e. The molecule has 2 unspecified atom stereocenters. The second-order valence-corrected chi connectivity index (χ2v) is 22.9. The van der Waals surface area contributed by atoms with E-state index in [1.165, 1.54) is 128 Å². The zero-order chi connectivity index (χ0) is 37.2. The molecule has 0 bridgehead atoms. The second-order valence-electron chi connectivity index (χ2n) is 21.8. The Balaban J connectivity index is 0.806. The Labute approximate surface area is 325 Å². The molecule has 0 aromatic rings. The Morgan fingerprint density at radius 1 is 0.509 bits per heavy atom. The van der Waals surface area contributed by atoms with Gasteiger partial charge in [-0.15, -0.1) is 8.42 Å². The average Bonchev–Trinajstić information content (AvgIpc) is 3.68. The van der Waals surface area contributed by atoms with Crippen LogP contribution in [0.1, 0.15) is 183 Å². The third-order valence-corrected chi connectivity index (χ3v) is 20.5. The fourth-order valence-electron chi connectivity index (χ4n) is 17.4. The van der Waals surface area contributed by atoms with Gasteiger partial charge in [-0.2, -0.15) is 0 Å². The van der Waals surface area contributed by atoms with E-state index in [9.17, 15) is 8.42 Å². The smallest absolute Gasteiger partial charge is 0.297 e. The number of fused-ring (bicyclic) bond motifs is 10. The minimum atomic E-state index is -4.28. The summed E-state index contributed by atoms with van der Waals surface area (Å²) in [6, 6.07) is 0. The molecular weight excluding hydrogens is 673 g/mol. The zero-order valence-electron chi connectivity index (χ0n) is 34.5. The van der Waals surface area contributed by atoms with Gasteiger partial charge in [0.25, 0.3) is 0 Å². The molecule has 0 amide bonds. The maximum absolute atomic E-state index is 12.6. The fraction of sp³-hybridized carbons (Fsp3) is 0.917. The van der Waals surface area contributed by atoms with Crippen LogP contribution < -0.4 is 0 Å². The van der Waals surface area contributed by atoms with Gasteiger partial charge in [0.2, 0.25) is 0 Å². The van der Waals surface area contributed by atoms with Crippen molar-refractivity contribution in [2.45, 2.75) is 183 Å². The lowest BCUT2D eigenvalue weighted by molar-refractivity contribution is -0.114. The van der Waals surface area contributed by atoms with Gasteiger partial charge in [0, 0.05) is 12.8 Å². The van der Waals surface area contributed by atoms with Crippen LogP contribution in [0.3, 0.4) is 0 Å². The molecule has 0 aromatic heterocycles. The highest BCUT2D eigenvalue weighted by Gasteiger charge is 2.61. The third kappa shape index (κ3) is 6.62. The first-order valence-corrected chi connectivity index (χ1v) is 24.2. The summed E-state index contributed by atoms with van der Waals surface area (Å²) in [6.07, 6.45) is 34.5. The van der Waals surface area contributed by atoms with Gasteiger partial charge in [-0.25, -0.2) is 0 Å². The lowest BCUT2D eigenvalue weighted by Gasteiger charge is -2.60. The maximum atomic E-state index is 12.6. The normalized spacial score (nSPS) is 48.3. The molecule has 0 aromatic carbocycles. The molecule has 0 aliphatic heterocycles. The highest BCUT2D eigenvalue weighted by atomic mass is 32.3. The monoisotopic (exact) mass is 747 g/mol. The van der Waals surface area contributed by atoms with Crippen molar-refractivity contribution in [1.29, 1.82) is 0 Å². The Bertz CT molecular complexity index is 1470. The van der Waals surface area contributed by atoms with E-state index < -0.39 is 10.4 Å². The summed E-state index contributed by atoms with van der Waals surface area (Å²) in [5.41, 5.74) is 1.92. The largest absolute Gasteiger partial charge is 0.518 e. The van der Waals surface area contributed by atoms with E-state index in [4.69, 9.17) is 8.37 Å². The zero-order valence-corrected chi connectivity index (χ0v) is 35.3. The molecule has 0 saturated heterocycles. The SMILES string of the molecule is C[C@H](CC#COS(=O)(=O)OC#CC[C@@H](C)[C@H]1CC[C@H]2[C@@H]3CCC4CCCC[C@]4(C)[C@H]3CC[C@]12C)[C@H]1CC[C@H]2[C@@H]3CCC4CCCC[C@]4(C)[C@H]3CC[C@]12C. The molecule has 8 aliphatic carbocycles. The maximum Gasteiger partial charge on any atom is 0.518 e.